The van der Waals surface area contributed by atoms with E-state index in [9.17, 15) is 13.2 Å². The van der Waals surface area contributed by atoms with Crippen molar-refractivity contribution in [3.05, 3.63) is 34.8 Å². The summed E-state index contributed by atoms with van der Waals surface area (Å²) >= 11 is 3.04. The Kier molecular flexibility index (Phi) is 5.10. The number of benzene rings is 1. The second kappa shape index (κ2) is 6.18. The van der Waals surface area contributed by atoms with Gasteiger partial charge in [-0.05, 0) is 18.2 Å². The molecule has 0 aliphatic rings. The van der Waals surface area contributed by atoms with E-state index in [1.165, 1.54) is 19.2 Å². The third-order valence-electron chi connectivity index (χ3n) is 2.15. The highest BCUT2D eigenvalue weighted by Gasteiger charge is 2.20. The molecule has 0 saturated heterocycles. The number of halogens is 1. The minimum Gasteiger partial charge on any atom is -0.495 e. The molecule has 0 spiro atoms. The van der Waals surface area contributed by atoms with Gasteiger partial charge in [0.15, 0.2) is 0 Å². The fraction of sp³-hybridized carbons (Fsp3) is 0.182. The van der Waals surface area contributed by atoms with Crippen molar-refractivity contribution in [2.45, 2.75) is 4.90 Å². The number of carboxylic acid groups (broad SMARTS) is 1. The van der Waals surface area contributed by atoms with Crippen molar-refractivity contribution in [1.29, 1.82) is 0 Å². The molecule has 0 aromatic heterocycles. The number of ether oxygens (including phenoxy) is 1. The molecule has 104 valence electrons. The van der Waals surface area contributed by atoms with Crippen molar-refractivity contribution >= 4 is 31.9 Å². The molecule has 19 heavy (non-hydrogen) atoms. The van der Waals surface area contributed by atoms with Gasteiger partial charge < -0.3 is 9.84 Å². The Morgan fingerprint density at radius 2 is 2.16 bits per heavy atom. The predicted molar refractivity (Wildman–Crippen MR) is 73.2 cm³/mol. The van der Waals surface area contributed by atoms with E-state index in [-0.39, 0.29) is 22.8 Å². The van der Waals surface area contributed by atoms with Gasteiger partial charge in [-0.1, -0.05) is 22.5 Å². The molecule has 0 amide bonds. The van der Waals surface area contributed by atoms with Gasteiger partial charge in [0.2, 0.25) is 10.0 Å². The number of carbonyl (C=O) groups is 1. The Morgan fingerprint density at radius 3 is 2.63 bits per heavy atom. The maximum Gasteiger partial charge on any atom is 0.335 e. The minimum atomic E-state index is -3.80. The fourth-order valence-electron chi connectivity index (χ4n) is 1.27. The Bertz CT molecular complexity index is 612. The summed E-state index contributed by atoms with van der Waals surface area (Å²) < 4.78 is 31.7. The lowest BCUT2D eigenvalue weighted by molar-refractivity contribution is 0.0696. The first kappa shape index (κ1) is 15.7. The van der Waals surface area contributed by atoms with Crippen LogP contribution in [-0.2, 0) is 10.0 Å². The van der Waals surface area contributed by atoms with Gasteiger partial charge >= 0.3 is 5.97 Å². The Morgan fingerprint density at radius 1 is 1.53 bits per heavy atom. The van der Waals surface area contributed by atoms with Gasteiger partial charge in [0.05, 0.1) is 12.7 Å². The predicted octanol–water partition coefficient (Wildman–Crippen LogP) is 1.58. The van der Waals surface area contributed by atoms with Crippen LogP contribution in [0.3, 0.4) is 0 Å². The summed E-state index contributed by atoms with van der Waals surface area (Å²) in [6.07, 6.45) is 0. The molecule has 8 heteroatoms. The zero-order valence-corrected chi connectivity index (χ0v) is 12.4. The molecule has 0 radical (unpaired) electrons. The van der Waals surface area contributed by atoms with Crippen molar-refractivity contribution < 1.29 is 23.1 Å². The molecule has 0 bridgehead atoms. The molecular weight excluding hydrogens is 338 g/mol. The molecule has 1 aromatic carbocycles. The van der Waals surface area contributed by atoms with Crippen molar-refractivity contribution in [1.82, 2.24) is 4.72 Å². The first-order chi connectivity index (χ1) is 8.77. The smallest absolute Gasteiger partial charge is 0.335 e. The van der Waals surface area contributed by atoms with Crippen LogP contribution in [0.2, 0.25) is 0 Å². The monoisotopic (exact) mass is 349 g/mol. The van der Waals surface area contributed by atoms with E-state index in [1.54, 1.807) is 0 Å². The lowest BCUT2D eigenvalue weighted by atomic mass is 10.2. The van der Waals surface area contributed by atoms with Gasteiger partial charge in [0.25, 0.3) is 0 Å². The molecule has 0 saturated carbocycles. The van der Waals surface area contributed by atoms with Gasteiger partial charge in [-0.2, -0.15) is 0 Å². The summed E-state index contributed by atoms with van der Waals surface area (Å²) in [5.74, 6) is -1.20. The van der Waals surface area contributed by atoms with Gasteiger partial charge in [-0.15, -0.1) is 0 Å². The average molecular weight is 350 g/mol. The third kappa shape index (κ3) is 4.05. The van der Waals surface area contributed by atoms with Crippen LogP contribution in [-0.4, -0.2) is 33.1 Å². The van der Waals surface area contributed by atoms with E-state index in [4.69, 9.17) is 9.84 Å². The number of carboxylic acids is 1. The van der Waals surface area contributed by atoms with Crippen LogP contribution in [0.1, 0.15) is 10.4 Å². The minimum absolute atomic E-state index is 0.0200. The zero-order valence-electron chi connectivity index (χ0n) is 10.0. The summed E-state index contributed by atoms with van der Waals surface area (Å²) in [7, 11) is -2.53. The molecule has 0 unspecified atom stereocenters. The fourth-order valence-corrected chi connectivity index (χ4v) is 2.77. The largest absolute Gasteiger partial charge is 0.495 e. The lowest BCUT2D eigenvalue weighted by Gasteiger charge is -2.11. The SMILES string of the molecule is C=C(Br)CNS(=O)(=O)c1ccc(C(=O)O)cc1OC. The van der Waals surface area contributed by atoms with Gasteiger partial charge in [0.1, 0.15) is 10.6 Å². The topological polar surface area (TPSA) is 92.7 Å². The Hall–Kier alpha value is -1.38. The molecule has 1 aromatic rings. The highest BCUT2D eigenvalue weighted by molar-refractivity contribution is 9.11. The van der Waals surface area contributed by atoms with Crippen LogP contribution >= 0.6 is 15.9 Å². The maximum absolute atomic E-state index is 12.0. The van der Waals surface area contributed by atoms with Crippen LogP contribution in [0.15, 0.2) is 34.2 Å². The number of hydrogen-bond acceptors (Lipinski definition) is 4. The van der Waals surface area contributed by atoms with Crippen molar-refractivity contribution in [3.8, 4) is 5.75 Å². The first-order valence-corrected chi connectivity index (χ1v) is 7.30. The normalized spacial score (nSPS) is 11.1. The van der Waals surface area contributed by atoms with E-state index in [2.05, 4.69) is 27.2 Å². The quantitative estimate of drug-likeness (QED) is 0.813. The molecule has 2 N–H and O–H groups in total. The standard InChI is InChI=1S/C11H12BrNO5S/c1-7(12)6-13-19(16,17)10-4-3-8(11(14)15)5-9(10)18-2/h3-5,13H,1,6H2,2H3,(H,14,15). The number of methoxy groups -OCH3 is 1. The zero-order chi connectivity index (χ0) is 14.6. The van der Waals surface area contributed by atoms with Crippen molar-refractivity contribution in [3.63, 3.8) is 0 Å². The molecule has 0 aliphatic carbocycles. The number of nitrogens with one attached hydrogen (secondary N) is 1. The summed E-state index contributed by atoms with van der Waals surface area (Å²) in [4.78, 5) is 10.7. The van der Waals surface area contributed by atoms with Crippen LogP contribution in [0.25, 0.3) is 0 Å². The van der Waals surface area contributed by atoms with Gasteiger partial charge in [-0.3, -0.25) is 0 Å². The summed E-state index contributed by atoms with van der Waals surface area (Å²) in [6.45, 7) is 3.53. The van der Waals surface area contributed by atoms with Crippen LogP contribution in [0.4, 0.5) is 0 Å². The Balaban J connectivity index is 3.19. The summed E-state index contributed by atoms with van der Waals surface area (Å²) in [6, 6.07) is 3.53. The van der Waals surface area contributed by atoms with Crippen LogP contribution < -0.4 is 9.46 Å². The second-order valence-electron chi connectivity index (χ2n) is 3.51. The average Bonchev–Trinajstić information content (AvgIpc) is 2.35. The molecule has 0 fully saturated rings. The molecular formula is C11H12BrNO5S. The first-order valence-electron chi connectivity index (χ1n) is 5.02. The number of rotatable bonds is 6. The van der Waals surface area contributed by atoms with Gasteiger partial charge in [0, 0.05) is 11.0 Å². The molecule has 1 rings (SSSR count). The molecule has 6 nitrogen and oxygen atoms in total. The molecule has 0 atom stereocenters. The van der Waals surface area contributed by atoms with E-state index in [0.29, 0.717) is 4.48 Å². The van der Waals surface area contributed by atoms with E-state index < -0.39 is 16.0 Å². The molecule has 0 heterocycles. The van der Waals surface area contributed by atoms with Gasteiger partial charge in [-0.25, -0.2) is 17.9 Å². The van der Waals surface area contributed by atoms with Crippen LogP contribution in [0.5, 0.6) is 5.75 Å². The van der Waals surface area contributed by atoms with Crippen molar-refractivity contribution in [2.75, 3.05) is 13.7 Å². The number of sulfonamides is 1. The maximum atomic E-state index is 12.0. The second-order valence-corrected chi connectivity index (χ2v) is 6.37. The number of aromatic carboxylic acids is 1. The highest BCUT2D eigenvalue weighted by Crippen LogP contribution is 2.25. The van der Waals surface area contributed by atoms with E-state index >= 15 is 0 Å². The Labute approximate surface area is 119 Å². The lowest BCUT2D eigenvalue weighted by Crippen LogP contribution is -2.25. The van der Waals surface area contributed by atoms with E-state index in [1.807, 2.05) is 0 Å². The van der Waals surface area contributed by atoms with Crippen molar-refractivity contribution in [2.24, 2.45) is 0 Å². The number of hydrogen-bond donors (Lipinski definition) is 2. The summed E-state index contributed by atoms with van der Waals surface area (Å²) in [5.41, 5.74) is -0.0549. The van der Waals surface area contributed by atoms with Crippen LogP contribution in [0, 0.1) is 0 Å². The van der Waals surface area contributed by atoms with E-state index in [0.717, 1.165) is 6.07 Å². The third-order valence-corrected chi connectivity index (χ3v) is 3.88. The molecule has 0 aliphatic heterocycles. The summed E-state index contributed by atoms with van der Waals surface area (Å²) in [5, 5.41) is 8.84. The highest BCUT2D eigenvalue weighted by atomic mass is 79.9.